The van der Waals surface area contributed by atoms with Crippen molar-refractivity contribution in [3.63, 3.8) is 0 Å². The molecule has 4 rings (SSSR count). The summed E-state index contributed by atoms with van der Waals surface area (Å²) < 4.78 is 19.2. The smallest absolute Gasteiger partial charge is 0.412 e. The van der Waals surface area contributed by atoms with Crippen molar-refractivity contribution >= 4 is 35.2 Å². The standard InChI is InChI=1S/C33H37FN4O5/c1-23(39)27-7-6-8-29(20-27)36-33(42)43-31(22-38(32(41)35-24(2)40)30-9-4-3-5-10-30)21-37-17-15-26(16-18-37)19-25-11-13-28(34)14-12-25/h3-14,20,26,31H,15-19,21-22H2,1-2H3,(H,36,42)(H,35,40,41)/t31-/m0/s1. The number of hydrogen-bond donors (Lipinski definition) is 2. The molecule has 10 heteroatoms. The van der Waals surface area contributed by atoms with Crippen molar-refractivity contribution in [3.8, 4) is 0 Å². The zero-order valence-corrected chi connectivity index (χ0v) is 24.4. The van der Waals surface area contributed by atoms with E-state index in [9.17, 15) is 23.6 Å². The van der Waals surface area contributed by atoms with Gasteiger partial charge in [0.25, 0.3) is 0 Å². The van der Waals surface area contributed by atoms with Crippen LogP contribution in [0, 0.1) is 11.7 Å². The average Bonchev–Trinajstić information content (AvgIpc) is 2.98. The molecule has 1 aliphatic heterocycles. The molecule has 3 aromatic rings. The fourth-order valence-corrected chi connectivity index (χ4v) is 5.20. The van der Waals surface area contributed by atoms with Crippen LogP contribution in [0.4, 0.5) is 25.4 Å². The molecule has 226 valence electrons. The van der Waals surface area contributed by atoms with Crippen LogP contribution in [-0.2, 0) is 16.0 Å². The number of ketones is 1. The number of nitrogens with zero attached hydrogens (tertiary/aromatic N) is 2. The molecule has 2 N–H and O–H groups in total. The third-order valence-corrected chi connectivity index (χ3v) is 7.38. The number of imide groups is 1. The maximum atomic E-state index is 13.3. The zero-order valence-electron chi connectivity index (χ0n) is 24.4. The Labute approximate surface area is 251 Å². The van der Waals surface area contributed by atoms with Gasteiger partial charge in [-0.2, -0.15) is 0 Å². The van der Waals surface area contributed by atoms with E-state index < -0.39 is 24.1 Å². The quantitative estimate of drug-likeness (QED) is 0.296. The Balaban J connectivity index is 1.47. The summed E-state index contributed by atoms with van der Waals surface area (Å²) in [5, 5.41) is 5.00. The first-order chi connectivity index (χ1) is 20.7. The van der Waals surface area contributed by atoms with E-state index in [4.69, 9.17) is 4.74 Å². The van der Waals surface area contributed by atoms with Crippen molar-refractivity contribution < 1.29 is 28.3 Å². The van der Waals surface area contributed by atoms with E-state index >= 15 is 0 Å². The number of benzene rings is 3. The van der Waals surface area contributed by atoms with Gasteiger partial charge < -0.3 is 4.74 Å². The molecule has 0 spiro atoms. The monoisotopic (exact) mass is 588 g/mol. The van der Waals surface area contributed by atoms with Gasteiger partial charge in [-0.25, -0.2) is 14.0 Å². The summed E-state index contributed by atoms with van der Waals surface area (Å²) in [6.07, 6.45) is 1.23. The van der Waals surface area contributed by atoms with E-state index in [1.807, 2.05) is 18.2 Å². The normalized spacial score (nSPS) is 14.4. The number of hydrogen-bond acceptors (Lipinski definition) is 6. The molecule has 0 aliphatic carbocycles. The number of piperidine rings is 1. The lowest BCUT2D eigenvalue weighted by Crippen LogP contribution is -2.50. The fraction of sp³-hybridized carbons (Fsp3) is 0.333. The Morgan fingerprint density at radius 1 is 0.953 bits per heavy atom. The van der Waals surface area contributed by atoms with Crippen molar-refractivity contribution in [2.75, 3.05) is 36.4 Å². The van der Waals surface area contributed by atoms with Crippen LogP contribution in [0.5, 0.6) is 0 Å². The van der Waals surface area contributed by atoms with Gasteiger partial charge in [0.05, 0.1) is 6.54 Å². The molecule has 1 atom stereocenters. The van der Waals surface area contributed by atoms with Crippen molar-refractivity contribution in [1.29, 1.82) is 0 Å². The Kier molecular flexibility index (Phi) is 11.0. The number of Topliss-reactive ketones (excluding diaryl/α,β-unsaturated/α-hetero) is 1. The number of likely N-dealkylation sites (tertiary alicyclic amines) is 1. The molecule has 1 fully saturated rings. The summed E-state index contributed by atoms with van der Waals surface area (Å²) in [7, 11) is 0. The van der Waals surface area contributed by atoms with E-state index in [0.29, 0.717) is 29.4 Å². The molecular formula is C33H37FN4O5. The molecule has 0 radical (unpaired) electrons. The molecule has 1 heterocycles. The van der Waals surface area contributed by atoms with Gasteiger partial charge in [-0.3, -0.25) is 30.0 Å². The Bertz CT molecular complexity index is 1410. The third kappa shape index (κ3) is 9.75. The van der Waals surface area contributed by atoms with Gasteiger partial charge in [-0.15, -0.1) is 0 Å². The molecule has 0 unspecified atom stereocenters. The van der Waals surface area contributed by atoms with Gasteiger partial charge in [0.2, 0.25) is 5.91 Å². The number of amides is 4. The SMILES string of the molecule is CC(=O)NC(=O)N(C[C@H](CN1CCC(Cc2ccc(F)cc2)CC1)OC(=O)Nc1cccc(C(C)=O)c1)c1ccccc1. The van der Waals surface area contributed by atoms with Gasteiger partial charge in [0.15, 0.2) is 5.78 Å². The van der Waals surface area contributed by atoms with E-state index in [-0.39, 0.29) is 18.1 Å². The highest BCUT2D eigenvalue weighted by molar-refractivity contribution is 6.02. The molecule has 0 aromatic heterocycles. The number of anilines is 2. The molecule has 4 amide bonds. The van der Waals surface area contributed by atoms with Crippen LogP contribution in [0.2, 0.25) is 0 Å². The molecule has 0 saturated carbocycles. The number of urea groups is 1. The molecule has 43 heavy (non-hydrogen) atoms. The molecule has 3 aromatic carbocycles. The topological polar surface area (TPSA) is 108 Å². The first kappa shape index (κ1) is 31.4. The van der Waals surface area contributed by atoms with Crippen LogP contribution in [0.1, 0.15) is 42.6 Å². The molecule has 0 bridgehead atoms. The summed E-state index contributed by atoms with van der Waals surface area (Å²) >= 11 is 0. The van der Waals surface area contributed by atoms with Crippen LogP contribution in [0.25, 0.3) is 0 Å². The summed E-state index contributed by atoms with van der Waals surface area (Å²) in [5.41, 5.74) is 2.50. The van der Waals surface area contributed by atoms with Crippen molar-refractivity contribution in [2.45, 2.75) is 39.2 Å². The first-order valence-electron chi connectivity index (χ1n) is 14.4. The van der Waals surface area contributed by atoms with Crippen LogP contribution in [-0.4, -0.2) is 61.0 Å². The second-order valence-corrected chi connectivity index (χ2v) is 10.8. The zero-order chi connectivity index (χ0) is 30.8. The highest BCUT2D eigenvalue weighted by Crippen LogP contribution is 2.23. The molecule has 1 saturated heterocycles. The van der Waals surface area contributed by atoms with E-state index in [2.05, 4.69) is 15.5 Å². The van der Waals surface area contributed by atoms with Gasteiger partial charge in [0.1, 0.15) is 11.9 Å². The lowest BCUT2D eigenvalue weighted by molar-refractivity contribution is -0.117. The van der Waals surface area contributed by atoms with Crippen molar-refractivity contribution in [1.82, 2.24) is 10.2 Å². The average molecular weight is 589 g/mol. The lowest BCUT2D eigenvalue weighted by atomic mass is 9.90. The number of carbonyl (C=O) groups excluding carboxylic acids is 4. The van der Waals surface area contributed by atoms with Crippen LogP contribution in [0.3, 0.4) is 0 Å². The minimum Gasteiger partial charge on any atom is -0.443 e. The molecule has 1 aliphatic rings. The van der Waals surface area contributed by atoms with E-state index in [0.717, 1.165) is 37.9 Å². The highest BCUT2D eigenvalue weighted by Gasteiger charge is 2.28. The fourth-order valence-electron chi connectivity index (χ4n) is 5.20. The maximum absolute atomic E-state index is 13.3. The van der Waals surface area contributed by atoms with Crippen LogP contribution >= 0.6 is 0 Å². The number of carbonyl (C=O) groups is 4. The summed E-state index contributed by atoms with van der Waals surface area (Å²) in [4.78, 5) is 53.2. The Hall–Kier alpha value is -4.57. The van der Waals surface area contributed by atoms with Crippen molar-refractivity contribution in [2.24, 2.45) is 5.92 Å². The Morgan fingerprint density at radius 3 is 2.30 bits per heavy atom. The van der Waals surface area contributed by atoms with Crippen LogP contribution < -0.4 is 15.5 Å². The second kappa shape index (κ2) is 15.1. The number of halogens is 1. The van der Waals surface area contributed by atoms with Gasteiger partial charge in [0, 0.05) is 30.4 Å². The summed E-state index contributed by atoms with van der Waals surface area (Å²) in [5.74, 6) is -0.440. The number of para-hydroxylation sites is 1. The predicted octanol–water partition coefficient (Wildman–Crippen LogP) is 5.66. The van der Waals surface area contributed by atoms with E-state index in [1.165, 1.54) is 30.9 Å². The minimum absolute atomic E-state index is 0.000456. The Morgan fingerprint density at radius 2 is 1.65 bits per heavy atom. The molecule has 9 nitrogen and oxygen atoms in total. The summed E-state index contributed by atoms with van der Waals surface area (Å²) in [6.45, 7) is 4.59. The maximum Gasteiger partial charge on any atom is 0.412 e. The van der Waals surface area contributed by atoms with E-state index in [1.54, 1.807) is 48.5 Å². The van der Waals surface area contributed by atoms with Gasteiger partial charge >= 0.3 is 12.1 Å². The third-order valence-electron chi connectivity index (χ3n) is 7.38. The predicted molar refractivity (Wildman–Crippen MR) is 163 cm³/mol. The van der Waals surface area contributed by atoms with Gasteiger partial charge in [-0.05, 0) is 87.2 Å². The summed E-state index contributed by atoms with van der Waals surface area (Å²) in [6, 6.07) is 21.4. The number of ether oxygens (including phenoxy) is 1. The number of rotatable bonds is 10. The minimum atomic E-state index is -0.748. The molecular weight excluding hydrogens is 551 g/mol. The van der Waals surface area contributed by atoms with Gasteiger partial charge in [-0.1, -0.05) is 42.5 Å². The first-order valence-corrected chi connectivity index (χ1v) is 14.4. The number of nitrogens with one attached hydrogen (secondary N) is 2. The van der Waals surface area contributed by atoms with Crippen molar-refractivity contribution in [3.05, 3.63) is 95.8 Å². The van der Waals surface area contributed by atoms with Crippen LogP contribution in [0.15, 0.2) is 78.9 Å². The second-order valence-electron chi connectivity index (χ2n) is 10.8. The highest BCUT2D eigenvalue weighted by atomic mass is 19.1. The largest absolute Gasteiger partial charge is 0.443 e. The lowest BCUT2D eigenvalue weighted by Gasteiger charge is -2.35.